The Morgan fingerprint density at radius 3 is 2.59 bits per heavy atom. The van der Waals surface area contributed by atoms with Crippen LogP contribution in [0.3, 0.4) is 0 Å². The second-order valence-electron chi connectivity index (χ2n) is 5.65. The van der Waals surface area contributed by atoms with Gasteiger partial charge in [-0.1, -0.05) is 53.4 Å². The normalized spacial score (nSPS) is 25.6. The van der Waals surface area contributed by atoms with Crippen LogP contribution in [0.2, 0.25) is 0 Å². The Labute approximate surface area is 113 Å². The highest BCUT2D eigenvalue weighted by Crippen LogP contribution is 2.39. The highest BCUT2D eigenvalue weighted by atomic mass is 79.9. The zero-order valence-electron chi connectivity index (χ0n) is 10.4. The maximum absolute atomic E-state index is 3.85. The van der Waals surface area contributed by atoms with Gasteiger partial charge in [-0.25, -0.2) is 0 Å². The van der Waals surface area contributed by atoms with Crippen LogP contribution in [0, 0.1) is 0 Å². The average Bonchev–Trinajstić information content (AvgIpc) is 2.40. The molecule has 3 rings (SSSR count). The van der Waals surface area contributed by atoms with Gasteiger partial charge in [-0.05, 0) is 54.7 Å². The summed E-state index contributed by atoms with van der Waals surface area (Å²) in [6.45, 7) is 0. The molecule has 1 saturated carbocycles. The van der Waals surface area contributed by atoms with Crippen LogP contribution < -0.4 is 0 Å². The minimum atomic E-state index is 0.606. The Balaban J connectivity index is 1.88. The predicted octanol–water partition coefficient (Wildman–Crippen LogP) is 5.51. The molecule has 2 aliphatic rings. The van der Waals surface area contributed by atoms with Crippen molar-refractivity contribution in [2.45, 2.75) is 62.1 Å². The number of aryl methyl sites for hydroxylation is 1. The smallest absolute Gasteiger partial charge is 0.0398 e. The Morgan fingerprint density at radius 1 is 0.941 bits per heavy atom. The average molecular weight is 293 g/mol. The Hall–Kier alpha value is -0.300. The number of halogens is 1. The molecule has 0 heterocycles. The fraction of sp³-hybridized carbons (Fsp3) is 0.625. The molecule has 0 aromatic heterocycles. The number of rotatable bonds is 1. The van der Waals surface area contributed by atoms with Crippen LogP contribution in [0.4, 0.5) is 0 Å². The first kappa shape index (κ1) is 11.8. The molecule has 0 amide bonds. The fourth-order valence-electron chi connectivity index (χ4n) is 3.45. The Kier molecular flexibility index (Phi) is 3.56. The molecule has 92 valence electrons. The first-order chi connectivity index (χ1) is 8.34. The van der Waals surface area contributed by atoms with Crippen LogP contribution in [0.5, 0.6) is 0 Å². The molecule has 0 radical (unpaired) electrons. The van der Waals surface area contributed by atoms with Gasteiger partial charge in [0.1, 0.15) is 0 Å². The lowest BCUT2D eigenvalue weighted by molar-refractivity contribution is 0.443. The second kappa shape index (κ2) is 5.14. The van der Waals surface area contributed by atoms with Crippen molar-refractivity contribution in [2.75, 3.05) is 0 Å². The quantitative estimate of drug-likeness (QED) is 0.599. The second-order valence-corrected chi connectivity index (χ2v) is 6.76. The zero-order valence-corrected chi connectivity index (χ0v) is 12.0. The van der Waals surface area contributed by atoms with Gasteiger partial charge >= 0.3 is 0 Å². The molecule has 0 saturated heterocycles. The summed E-state index contributed by atoms with van der Waals surface area (Å²) in [7, 11) is 0. The predicted molar refractivity (Wildman–Crippen MR) is 76.9 cm³/mol. The van der Waals surface area contributed by atoms with Gasteiger partial charge in [0.15, 0.2) is 0 Å². The van der Waals surface area contributed by atoms with Crippen LogP contribution in [-0.4, -0.2) is 0 Å². The highest BCUT2D eigenvalue weighted by molar-refractivity contribution is 9.09. The van der Waals surface area contributed by atoms with E-state index in [1.54, 1.807) is 16.7 Å². The van der Waals surface area contributed by atoms with E-state index >= 15 is 0 Å². The summed E-state index contributed by atoms with van der Waals surface area (Å²) >= 11 is 3.85. The monoisotopic (exact) mass is 292 g/mol. The summed E-state index contributed by atoms with van der Waals surface area (Å²) in [6, 6.07) is 7.30. The van der Waals surface area contributed by atoms with Crippen LogP contribution in [-0.2, 0) is 6.42 Å². The van der Waals surface area contributed by atoms with Crippen molar-refractivity contribution >= 4 is 15.9 Å². The summed E-state index contributed by atoms with van der Waals surface area (Å²) in [6.07, 6.45) is 11.0. The standard InChI is InChI=1S/C16H21Br/c17-16-8-4-7-13-9-10-14(11-15(13)16)12-5-2-1-3-6-12/h9-12,16H,1-8H2. The number of hydrogen-bond acceptors (Lipinski definition) is 0. The highest BCUT2D eigenvalue weighted by Gasteiger charge is 2.21. The third kappa shape index (κ3) is 2.45. The molecule has 1 heteroatoms. The van der Waals surface area contributed by atoms with E-state index in [9.17, 15) is 0 Å². The third-order valence-corrected chi connectivity index (χ3v) is 5.44. The van der Waals surface area contributed by atoms with Crippen LogP contribution in [0.25, 0.3) is 0 Å². The first-order valence-electron chi connectivity index (χ1n) is 7.11. The summed E-state index contributed by atoms with van der Waals surface area (Å²) in [5, 5.41) is 0. The maximum atomic E-state index is 3.85. The molecular formula is C16H21Br. The molecule has 0 nitrogen and oxygen atoms in total. The minimum Gasteiger partial charge on any atom is -0.0839 e. The van der Waals surface area contributed by atoms with Crippen molar-refractivity contribution in [1.82, 2.24) is 0 Å². The van der Waals surface area contributed by atoms with Crippen LogP contribution in [0.1, 0.15) is 72.4 Å². The molecule has 0 aliphatic heterocycles. The summed E-state index contributed by atoms with van der Waals surface area (Å²) < 4.78 is 0. The topological polar surface area (TPSA) is 0 Å². The SMILES string of the molecule is BrC1CCCc2ccc(C3CCCCC3)cc21. The fourth-order valence-corrected chi connectivity index (χ4v) is 4.20. The van der Waals surface area contributed by atoms with Gasteiger partial charge in [0, 0.05) is 4.83 Å². The lowest BCUT2D eigenvalue weighted by atomic mass is 9.81. The van der Waals surface area contributed by atoms with Gasteiger partial charge in [-0.15, -0.1) is 0 Å². The van der Waals surface area contributed by atoms with Gasteiger partial charge in [0.25, 0.3) is 0 Å². The Morgan fingerprint density at radius 2 is 1.76 bits per heavy atom. The first-order valence-corrected chi connectivity index (χ1v) is 8.03. The van der Waals surface area contributed by atoms with E-state index in [0.717, 1.165) is 5.92 Å². The molecule has 1 aromatic carbocycles. The van der Waals surface area contributed by atoms with Gasteiger partial charge in [-0.2, -0.15) is 0 Å². The van der Waals surface area contributed by atoms with Crippen molar-refractivity contribution in [1.29, 1.82) is 0 Å². The largest absolute Gasteiger partial charge is 0.0839 e. The number of benzene rings is 1. The third-order valence-electron chi connectivity index (χ3n) is 4.49. The number of fused-ring (bicyclic) bond motifs is 1. The minimum absolute atomic E-state index is 0.606. The maximum Gasteiger partial charge on any atom is 0.0398 e. The van der Waals surface area contributed by atoms with Gasteiger partial charge in [0.05, 0.1) is 0 Å². The Bertz CT molecular complexity index is 391. The molecule has 1 unspecified atom stereocenters. The van der Waals surface area contributed by atoms with Gasteiger partial charge in [0.2, 0.25) is 0 Å². The van der Waals surface area contributed by atoms with Crippen LogP contribution in [0.15, 0.2) is 18.2 Å². The molecule has 0 bridgehead atoms. The van der Waals surface area contributed by atoms with E-state index < -0.39 is 0 Å². The summed E-state index contributed by atoms with van der Waals surface area (Å²) in [5.74, 6) is 0.843. The molecule has 17 heavy (non-hydrogen) atoms. The van der Waals surface area contributed by atoms with Crippen molar-refractivity contribution in [3.8, 4) is 0 Å². The lowest BCUT2D eigenvalue weighted by Crippen LogP contribution is -2.09. The van der Waals surface area contributed by atoms with E-state index in [1.165, 1.54) is 51.4 Å². The lowest BCUT2D eigenvalue weighted by Gasteiger charge is -2.26. The van der Waals surface area contributed by atoms with E-state index in [0.29, 0.717) is 4.83 Å². The van der Waals surface area contributed by atoms with Gasteiger partial charge < -0.3 is 0 Å². The number of hydrogen-bond donors (Lipinski definition) is 0. The van der Waals surface area contributed by atoms with Crippen molar-refractivity contribution in [3.63, 3.8) is 0 Å². The molecule has 1 aromatic rings. The molecule has 0 spiro atoms. The zero-order chi connectivity index (χ0) is 11.7. The van der Waals surface area contributed by atoms with E-state index in [4.69, 9.17) is 0 Å². The van der Waals surface area contributed by atoms with Crippen molar-refractivity contribution < 1.29 is 0 Å². The molecule has 0 N–H and O–H groups in total. The molecule has 2 aliphatic carbocycles. The van der Waals surface area contributed by atoms with Crippen molar-refractivity contribution in [3.05, 3.63) is 34.9 Å². The van der Waals surface area contributed by atoms with Gasteiger partial charge in [-0.3, -0.25) is 0 Å². The van der Waals surface area contributed by atoms with Crippen LogP contribution >= 0.6 is 15.9 Å². The van der Waals surface area contributed by atoms with E-state index in [-0.39, 0.29) is 0 Å². The number of alkyl halides is 1. The summed E-state index contributed by atoms with van der Waals surface area (Å²) in [4.78, 5) is 0.606. The summed E-state index contributed by atoms with van der Waals surface area (Å²) in [5.41, 5.74) is 4.77. The van der Waals surface area contributed by atoms with E-state index in [1.807, 2.05) is 0 Å². The van der Waals surface area contributed by atoms with Crippen molar-refractivity contribution in [2.24, 2.45) is 0 Å². The van der Waals surface area contributed by atoms with E-state index in [2.05, 4.69) is 34.1 Å². The molecular weight excluding hydrogens is 272 g/mol. The molecule has 1 atom stereocenters. The molecule has 1 fully saturated rings.